The molecular weight excluding hydrogens is 351 g/mol. The summed E-state index contributed by atoms with van der Waals surface area (Å²) in [6, 6.07) is 6.08. The second kappa shape index (κ2) is 6.22. The molecule has 1 fully saturated rings. The van der Waals surface area contributed by atoms with E-state index in [2.05, 4.69) is 53.1 Å². The maximum atomic E-state index is 12.6. The molecule has 1 saturated heterocycles. The highest BCUT2D eigenvalue weighted by Gasteiger charge is 2.37. The molecule has 4 heteroatoms. The molecule has 0 spiro atoms. The van der Waals surface area contributed by atoms with Gasteiger partial charge in [0.05, 0.1) is 5.41 Å². The van der Waals surface area contributed by atoms with Crippen molar-refractivity contribution in [1.82, 2.24) is 5.32 Å². The number of carbonyl (C=O) groups is 1. The molecule has 0 atom stereocenters. The zero-order chi connectivity index (χ0) is 13.9. The van der Waals surface area contributed by atoms with Crippen molar-refractivity contribution >= 4 is 34.2 Å². The molecule has 0 bridgehead atoms. The van der Waals surface area contributed by atoms with E-state index in [1.165, 1.54) is 9.13 Å². The van der Waals surface area contributed by atoms with Crippen molar-refractivity contribution in [1.29, 1.82) is 0 Å². The Bertz CT molecular complexity index is 467. The van der Waals surface area contributed by atoms with Crippen LogP contribution in [-0.2, 0) is 4.79 Å². The first-order valence-corrected chi connectivity index (χ1v) is 7.93. The molecule has 1 heterocycles. The molecule has 0 unspecified atom stereocenters. The number of anilines is 1. The fourth-order valence-corrected chi connectivity index (χ4v) is 3.10. The van der Waals surface area contributed by atoms with Crippen LogP contribution < -0.4 is 10.6 Å². The van der Waals surface area contributed by atoms with Crippen LogP contribution in [0.1, 0.15) is 31.7 Å². The molecule has 0 aromatic heterocycles. The van der Waals surface area contributed by atoms with Gasteiger partial charge in [-0.1, -0.05) is 13.0 Å². The Morgan fingerprint density at radius 2 is 2.11 bits per heavy atom. The molecule has 0 radical (unpaired) electrons. The van der Waals surface area contributed by atoms with E-state index in [0.717, 1.165) is 38.0 Å². The van der Waals surface area contributed by atoms with Crippen molar-refractivity contribution in [3.8, 4) is 0 Å². The van der Waals surface area contributed by atoms with Crippen LogP contribution in [0.25, 0.3) is 0 Å². The number of rotatable bonds is 3. The van der Waals surface area contributed by atoms with Crippen LogP contribution in [-0.4, -0.2) is 19.0 Å². The van der Waals surface area contributed by atoms with E-state index in [1.807, 2.05) is 12.1 Å². The summed E-state index contributed by atoms with van der Waals surface area (Å²) in [5.41, 5.74) is 1.96. The summed E-state index contributed by atoms with van der Waals surface area (Å²) < 4.78 is 1.19. The van der Waals surface area contributed by atoms with Crippen LogP contribution in [0.3, 0.4) is 0 Å². The van der Waals surface area contributed by atoms with Crippen molar-refractivity contribution in [3.63, 3.8) is 0 Å². The van der Waals surface area contributed by atoms with E-state index in [-0.39, 0.29) is 11.3 Å². The third-order valence-electron chi connectivity index (χ3n) is 4.15. The lowest BCUT2D eigenvalue weighted by Crippen LogP contribution is -2.44. The van der Waals surface area contributed by atoms with Crippen molar-refractivity contribution < 1.29 is 4.79 Å². The van der Waals surface area contributed by atoms with Gasteiger partial charge in [-0.2, -0.15) is 0 Å². The lowest BCUT2D eigenvalue weighted by atomic mass is 9.76. The van der Waals surface area contributed by atoms with E-state index >= 15 is 0 Å². The van der Waals surface area contributed by atoms with Gasteiger partial charge >= 0.3 is 0 Å². The molecular formula is C15H21IN2O. The molecule has 19 heavy (non-hydrogen) atoms. The third kappa shape index (κ3) is 3.28. The Morgan fingerprint density at radius 3 is 2.68 bits per heavy atom. The minimum absolute atomic E-state index is 0.177. The first kappa shape index (κ1) is 14.8. The summed E-state index contributed by atoms with van der Waals surface area (Å²) in [6.07, 6.45) is 2.76. The maximum Gasteiger partial charge on any atom is 0.230 e. The van der Waals surface area contributed by atoms with E-state index < -0.39 is 0 Å². The van der Waals surface area contributed by atoms with E-state index in [4.69, 9.17) is 0 Å². The molecule has 1 aromatic carbocycles. The van der Waals surface area contributed by atoms with Crippen molar-refractivity contribution in [3.05, 3.63) is 27.3 Å². The van der Waals surface area contributed by atoms with Crippen LogP contribution in [0, 0.1) is 15.9 Å². The lowest BCUT2D eigenvalue weighted by molar-refractivity contribution is -0.127. The van der Waals surface area contributed by atoms with Gasteiger partial charge in [0.2, 0.25) is 5.91 Å². The minimum atomic E-state index is -0.193. The average molecular weight is 372 g/mol. The van der Waals surface area contributed by atoms with Gasteiger partial charge < -0.3 is 10.6 Å². The molecule has 104 valence electrons. The molecule has 1 aromatic rings. The van der Waals surface area contributed by atoms with Crippen molar-refractivity contribution in [2.45, 2.75) is 33.1 Å². The van der Waals surface area contributed by atoms with E-state index in [0.29, 0.717) is 0 Å². The van der Waals surface area contributed by atoms with Crippen molar-refractivity contribution in [2.24, 2.45) is 5.41 Å². The minimum Gasteiger partial charge on any atom is -0.326 e. The predicted octanol–water partition coefficient (Wildman–Crippen LogP) is 3.32. The SMILES string of the molecule is CCC1(C(=O)Nc2ccc(C)c(I)c2)CCNCC1. The number of amides is 1. The first-order valence-electron chi connectivity index (χ1n) is 6.86. The van der Waals surface area contributed by atoms with Gasteiger partial charge in [0.1, 0.15) is 0 Å². The van der Waals surface area contributed by atoms with Gasteiger partial charge in [-0.05, 0) is 79.6 Å². The number of hydrogen-bond donors (Lipinski definition) is 2. The molecule has 1 aliphatic rings. The smallest absolute Gasteiger partial charge is 0.230 e. The van der Waals surface area contributed by atoms with Crippen LogP contribution in [0.2, 0.25) is 0 Å². The van der Waals surface area contributed by atoms with Gasteiger partial charge in [0, 0.05) is 9.26 Å². The summed E-state index contributed by atoms with van der Waals surface area (Å²) in [4.78, 5) is 12.6. The highest BCUT2D eigenvalue weighted by Crippen LogP contribution is 2.34. The first-order chi connectivity index (χ1) is 9.07. The van der Waals surface area contributed by atoms with Crippen LogP contribution in [0.5, 0.6) is 0 Å². The highest BCUT2D eigenvalue weighted by molar-refractivity contribution is 14.1. The Labute approximate surface area is 128 Å². The van der Waals surface area contributed by atoms with Gasteiger partial charge in [0.15, 0.2) is 0 Å². The topological polar surface area (TPSA) is 41.1 Å². The number of benzene rings is 1. The summed E-state index contributed by atoms with van der Waals surface area (Å²) in [5.74, 6) is 0.177. The molecule has 0 aliphatic carbocycles. The summed E-state index contributed by atoms with van der Waals surface area (Å²) in [5, 5.41) is 6.43. The second-order valence-electron chi connectivity index (χ2n) is 5.30. The lowest BCUT2D eigenvalue weighted by Gasteiger charge is -2.35. The number of nitrogens with one attached hydrogen (secondary N) is 2. The van der Waals surface area contributed by atoms with Gasteiger partial charge in [0.25, 0.3) is 0 Å². The van der Waals surface area contributed by atoms with Crippen molar-refractivity contribution in [2.75, 3.05) is 18.4 Å². The second-order valence-corrected chi connectivity index (χ2v) is 6.46. The molecule has 0 saturated carbocycles. The third-order valence-corrected chi connectivity index (χ3v) is 5.31. The number of halogens is 1. The highest BCUT2D eigenvalue weighted by atomic mass is 127. The summed E-state index contributed by atoms with van der Waals surface area (Å²) >= 11 is 2.30. The quantitative estimate of drug-likeness (QED) is 0.800. The summed E-state index contributed by atoms with van der Waals surface area (Å²) in [7, 11) is 0. The number of carbonyl (C=O) groups excluding carboxylic acids is 1. The predicted molar refractivity (Wildman–Crippen MR) is 87.4 cm³/mol. The number of piperidine rings is 1. The molecule has 1 aliphatic heterocycles. The Hall–Kier alpha value is -0.620. The Balaban J connectivity index is 2.12. The largest absolute Gasteiger partial charge is 0.326 e. The fraction of sp³-hybridized carbons (Fsp3) is 0.533. The normalized spacial score (nSPS) is 18.1. The standard InChI is InChI=1S/C15H21IN2O/c1-3-15(6-8-17-9-7-15)14(19)18-12-5-4-11(2)13(16)10-12/h4-5,10,17H,3,6-9H2,1-2H3,(H,18,19). The molecule has 3 nitrogen and oxygen atoms in total. The van der Waals surface area contributed by atoms with Crippen LogP contribution in [0.4, 0.5) is 5.69 Å². The van der Waals surface area contributed by atoms with Gasteiger partial charge in [-0.15, -0.1) is 0 Å². The Morgan fingerprint density at radius 1 is 1.42 bits per heavy atom. The van der Waals surface area contributed by atoms with Crippen LogP contribution >= 0.6 is 22.6 Å². The zero-order valence-corrected chi connectivity index (χ0v) is 13.7. The Kier molecular flexibility index (Phi) is 4.84. The number of hydrogen-bond acceptors (Lipinski definition) is 2. The van der Waals surface area contributed by atoms with Crippen LogP contribution in [0.15, 0.2) is 18.2 Å². The van der Waals surface area contributed by atoms with E-state index in [1.54, 1.807) is 0 Å². The molecule has 2 N–H and O–H groups in total. The number of aryl methyl sites for hydroxylation is 1. The molecule has 2 rings (SSSR count). The molecule has 1 amide bonds. The zero-order valence-electron chi connectivity index (χ0n) is 11.6. The summed E-state index contributed by atoms with van der Waals surface area (Å²) in [6.45, 7) is 6.07. The van der Waals surface area contributed by atoms with Gasteiger partial charge in [-0.25, -0.2) is 0 Å². The van der Waals surface area contributed by atoms with E-state index in [9.17, 15) is 4.79 Å². The fourth-order valence-electron chi connectivity index (χ4n) is 2.58. The van der Waals surface area contributed by atoms with Gasteiger partial charge in [-0.3, -0.25) is 4.79 Å². The average Bonchev–Trinajstić information content (AvgIpc) is 2.43. The monoisotopic (exact) mass is 372 g/mol. The maximum absolute atomic E-state index is 12.6.